The normalized spacial score (nSPS) is 13.9. The van der Waals surface area contributed by atoms with E-state index < -0.39 is 0 Å². The molecule has 0 N–H and O–H groups in total. The van der Waals surface area contributed by atoms with Crippen LogP contribution in [0.2, 0.25) is 0 Å². The summed E-state index contributed by atoms with van der Waals surface area (Å²) in [5.41, 5.74) is 7.75. The Kier molecular flexibility index (Phi) is 5.34. The van der Waals surface area contributed by atoms with Crippen LogP contribution in [-0.4, -0.2) is 6.54 Å². The first kappa shape index (κ1) is 21.2. The number of rotatable bonds is 5. The van der Waals surface area contributed by atoms with Crippen molar-refractivity contribution in [3.8, 4) is 28.0 Å². The minimum absolute atomic E-state index is 0.775. The molecule has 2 heterocycles. The molecule has 4 aromatic carbocycles. The van der Waals surface area contributed by atoms with Gasteiger partial charge in [0.15, 0.2) is 5.75 Å². The van der Waals surface area contributed by atoms with E-state index in [0.717, 1.165) is 47.4 Å². The van der Waals surface area contributed by atoms with Gasteiger partial charge < -0.3 is 14.1 Å². The number of ether oxygens (including phenoxy) is 1. The number of fused-ring (bicyclic) bond motifs is 2. The number of benzene rings is 4. The highest BCUT2D eigenvalue weighted by atomic mass is 16.5. The van der Waals surface area contributed by atoms with Gasteiger partial charge in [-0.2, -0.15) is 4.57 Å². The first-order chi connectivity index (χ1) is 17.2. The van der Waals surface area contributed by atoms with Crippen molar-refractivity contribution < 1.29 is 13.7 Å². The van der Waals surface area contributed by atoms with Gasteiger partial charge in [0.1, 0.15) is 12.6 Å². The highest BCUT2D eigenvalue weighted by Crippen LogP contribution is 2.42. The third-order valence-corrected chi connectivity index (χ3v) is 6.55. The molecule has 172 valence electrons. The molecule has 0 atom stereocenters. The summed E-state index contributed by atoms with van der Waals surface area (Å²) in [6.45, 7) is 5.86. The fourth-order valence-corrected chi connectivity index (χ4v) is 4.80. The summed E-state index contributed by atoms with van der Waals surface area (Å²) < 4.78 is 14.8. The molecule has 0 spiro atoms. The van der Waals surface area contributed by atoms with Crippen LogP contribution in [0.4, 0.5) is 5.69 Å². The van der Waals surface area contributed by atoms with E-state index in [1.54, 1.807) is 0 Å². The van der Waals surface area contributed by atoms with Crippen molar-refractivity contribution in [1.82, 2.24) is 0 Å². The molecule has 0 saturated carbocycles. The molecule has 35 heavy (non-hydrogen) atoms. The third-order valence-electron chi connectivity index (χ3n) is 6.55. The predicted octanol–water partition coefficient (Wildman–Crippen LogP) is 7.29. The molecule has 4 heteroatoms. The Morgan fingerprint density at radius 1 is 0.743 bits per heavy atom. The Morgan fingerprint density at radius 3 is 2.06 bits per heavy atom. The van der Waals surface area contributed by atoms with Crippen molar-refractivity contribution in [3.05, 3.63) is 109 Å². The van der Waals surface area contributed by atoms with E-state index in [4.69, 9.17) is 9.15 Å². The van der Waals surface area contributed by atoms with E-state index in [1.165, 1.54) is 22.3 Å². The van der Waals surface area contributed by atoms with E-state index in [2.05, 4.69) is 108 Å². The van der Waals surface area contributed by atoms with Crippen molar-refractivity contribution in [1.29, 1.82) is 0 Å². The molecule has 0 fully saturated rings. The summed E-state index contributed by atoms with van der Waals surface area (Å²) in [6, 6.07) is 33.6. The molecule has 5 aromatic rings. The van der Waals surface area contributed by atoms with Crippen LogP contribution in [0, 0.1) is 0 Å². The van der Waals surface area contributed by atoms with Gasteiger partial charge in [-0.05, 0) is 54.3 Å². The Labute approximate surface area is 205 Å². The second kappa shape index (κ2) is 8.80. The minimum Gasteiger partial charge on any atom is -0.438 e. The number of anilines is 1. The van der Waals surface area contributed by atoms with E-state index >= 15 is 0 Å². The Balaban J connectivity index is 1.40. The zero-order valence-corrected chi connectivity index (χ0v) is 19.9. The zero-order chi connectivity index (χ0) is 23.8. The average Bonchev–Trinajstić information content (AvgIpc) is 3.45. The predicted molar refractivity (Wildman–Crippen MR) is 141 cm³/mol. The summed E-state index contributed by atoms with van der Waals surface area (Å²) >= 11 is 0. The largest absolute Gasteiger partial charge is 0.438 e. The fourth-order valence-electron chi connectivity index (χ4n) is 4.80. The second-order valence-electron chi connectivity index (χ2n) is 8.61. The summed E-state index contributed by atoms with van der Waals surface area (Å²) in [6.07, 6.45) is 2.01. The van der Waals surface area contributed by atoms with Crippen molar-refractivity contribution in [2.75, 3.05) is 11.4 Å². The van der Waals surface area contributed by atoms with Gasteiger partial charge in [-0.1, -0.05) is 72.8 Å². The first-order valence-corrected chi connectivity index (χ1v) is 12.1. The van der Waals surface area contributed by atoms with Gasteiger partial charge in [0.25, 0.3) is 5.52 Å². The van der Waals surface area contributed by atoms with Crippen molar-refractivity contribution in [2.45, 2.75) is 20.4 Å². The van der Waals surface area contributed by atoms with Gasteiger partial charge in [-0.3, -0.25) is 0 Å². The molecule has 1 aromatic heterocycles. The maximum atomic E-state index is 6.31. The summed E-state index contributed by atoms with van der Waals surface area (Å²) in [4.78, 5) is 2.20. The van der Waals surface area contributed by atoms with Crippen molar-refractivity contribution in [2.24, 2.45) is 0 Å². The van der Waals surface area contributed by atoms with Gasteiger partial charge in [0.05, 0.1) is 5.69 Å². The lowest BCUT2D eigenvalue weighted by Gasteiger charge is -2.15. The van der Waals surface area contributed by atoms with E-state index in [-0.39, 0.29) is 0 Å². The van der Waals surface area contributed by atoms with Crippen LogP contribution in [0.1, 0.15) is 19.7 Å². The van der Waals surface area contributed by atoms with Crippen molar-refractivity contribution in [3.63, 3.8) is 0 Å². The quantitative estimate of drug-likeness (QED) is 0.258. The van der Waals surface area contributed by atoms with E-state index in [1.807, 2.05) is 18.2 Å². The highest BCUT2D eigenvalue weighted by Gasteiger charge is 2.29. The molecule has 0 unspecified atom stereocenters. The smallest absolute Gasteiger partial charge is 0.379 e. The number of hydrogen-bond donors (Lipinski definition) is 0. The number of aromatic nitrogens is 1. The lowest BCUT2D eigenvalue weighted by atomic mass is 10.0. The van der Waals surface area contributed by atoms with Crippen molar-refractivity contribution >= 4 is 22.9 Å². The van der Waals surface area contributed by atoms with E-state index in [9.17, 15) is 0 Å². The van der Waals surface area contributed by atoms with Crippen LogP contribution in [0.25, 0.3) is 39.4 Å². The molecule has 0 radical (unpaired) electrons. The Bertz CT molecular complexity index is 1540. The van der Waals surface area contributed by atoms with Gasteiger partial charge in [0.2, 0.25) is 11.5 Å². The molecule has 0 bridgehead atoms. The van der Waals surface area contributed by atoms with Crippen LogP contribution >= 0.6 is 0 Å². The van der Waals surface area contributed by atoms with Gasteiger partial charge in [-0.25, -0.2) is 0 Å². The standard InChI is InChI=1S/C31H27N2O2/c1-3-32-26-19-24(22-11-7-5-8-12-22)15-17-28(26)34-30(32)21-31-33(4-2)27-20-25(16-18-29(27)35-31)23-13-9-6-10-14-23/h5-21H,3-4H2,1-2H3/q+1. The average molecular weight is 460 g/mol. The topological polar surface area (TPSA) is 29.5 Å². The second-order valence-corrected chi connectivity index (χ2v) is 8.61. The molecule has 0 aliphatic carbocycles. The molecular formula is C31H27N2O2+. The summed E-state index contributed by atoms with van der Waals surface area (Å²) in [5, 5.41) is 0. The lowest BCUT2D eigenvalue weighted by Crippen LogP contribution is -2.34. The van der Waals surface area contributed by atoms with Gasteiger partial charge in [0, 0.05) is 12.6 Å². The van der Waals surface area contributed by atoms with Crippen LogP contribution in [0.15, 0.2) is 107 Å². The van der Waals surface area contributed by atoms with Gasteiger partial charge >= 0.3 is 5.89 Å². The van der Waals surface area contributed by atoms with Crippen LogP contribution < -0.4 is 14.2 Å². The number of oxazole rings is 1. The van der Waals surface area contributed by atoms with Crippen LogP contribution in [-0.2, 0) is 6.54 Å². The maximum absolute atomic E-state index is 6.31. The lowest BCUT2D eigenvalue weighted by molar-refractivity contribution is -0.674. The maximum Gasteiger partial charge on any atom is 0.379 e. The molecule has 1 aliphatic heterocycles. The van der Waals surface area contributed by atoms with Crippen LogP contribution in [0.3, 0.4) is 0 Å². The Hall–Kier alpha value is -4.31. The molecular weight excluding hydrogens is 432 g/mol. The molecule has 0 amide bonds. The SMILES string of the molecule is CCN1C(=Cc2oc3ccc(-c4ccccc4)cc3[n+]2CC)Oc2ccc(-c3ccccc3)cc21. The number of nitrogens with zero attached hydrogens (tertiary/aromatic N) is 2. The molecule has 4 nitrogen and oxygen atoms in total. The molecule has 0 saturated heterocycles. The Morgan fingerprint density at radius 2 is 1.40 bits per heavy atom. The summed E-state index contributed by atoms with van der Waals surface area (Å²) in [5.74, 6) is 2.41. The summed E-state index contributed by atoms with van der Waals surface area (Å²) in [7, 11) is 0. The molecule has 1 aliphatic rings. The fraction of sp³-hybridized carbons (Fsp3) is 0.129. The highest BCUT2D eigenvalue weighted by molar-refractivity contribution is 5.80. The zero-order valence-electron chi connectivity index (χ0n) is 19.9. The van der Waals surface area contributed by atoms with Gasteiger partial charge in [-0.15, -0.1) is 0 Å². The van der Waals surface area contributed by atoms with E-state index in [0.29, 0.717) is 0 Å². The number of aryl methyl sites for hydroxylation is 1. The number of hydrogen-bond acceptors (Lipinski definition) is 3. The minimum atomic E-state index is 0.775. The molecule has 6 rings (SSSR count). The van der Waals surface area contributed by atoms with Crippen LogP contribution in [0.5, 0.6) is 5.75 Å². The monoisotopic (exact) mass is 459 g/mol. The first-order valence-electron chi connectivity index (χ1n) is 12.1. The third kappa shape index (κ3) is 3.77.